The summed E-state index contributed by atoms with van der Waals surface area (Å²) in [7, 11) is 0. The smallest absolute Gasteiger partial charge is 0.310 e. The van der Waals surface area contributed by atoms with Crippen LogP contribution in [0.5, 0.6) is 5.75 Å². The van der Waals surface area contributed by atoms with E-state index in [4.69, 9.17) is 10.5 Å². The van der Waals surface area contributed by atoms with Gasteiger partial charge in [0, 0.05) is 6.54 Å². The van der Waals surface area contributed by atoms with E-state index in [0.29, 0.717) is 19.4 Å². The zero-order valence-corrected chi connectivity index (χ0v) is 12.0. The van der Waals surface area contributed by atoms with Crippen molar-refractivity contribution in [3.05, 3.63) is 29.8 Å². The Hall–Kier alpha value is -1.55. The Morgan fingerprint density at radius 1 is 1.50 bits per heavy atom. The van der Waals surface area contributed by atoms with Gasteiger partial charge in [-0.2, -0.15) is 0 Å². The molecule has 0 bridgehead atoms. The topological polar surface area (TPSA) is 72.5 Å². The summed E-state index contributed by atoms with van der Waals surface area (Å²) in [4.78, 5) is 11.7. The van der Waals surface area contributed by atoms with Gasteiger partial charge in [0.05, 0.1) is 12.0 Å². The van der Waals surface area contributed by atoms with Gasteiger partial charge in [0.25, 0.3) is 0 Å². The molecule has 4 nitrogen and oxygen atoms in total. The Morgan fingerprint density at radius 3 is 2.90 bits per heavy atom. The van der Waals surface area contributed by atoms with Gasteiger partial charge in [-0.1, -0.05) is 31.5 Å². The fourth-order valence-corrected chi connectivity index (χ4v) is 3.15. The quantitative estimate of drug-likeness (QED) is 0.838. The number of rotatable bonds is 6. The summed E-state index contributed by atoms with van der Waals surface area (Å²) in [5, 5.41) is 9.62. The highest BCUT2D eigenvalue weighted by molar-refractivity contribution is 5.75. The molecule has 0 aromatic heterocycles. The number of para-hydroxylation sites is 1. The number of benzene rings is 1. The molecule has 1 aromatic carbocycles. The number of ether oxygens (including phenoxy) is 1. The minimum atomic E-state index is -0.816. The lowest BCUT2D eigenvalue weighted by Gasteiger charge is -2.34. The molecule has 0 fully saturated rings. The summed E-state index contributed by atoms with van der Waals surface area (Å²) in [6, 6.07) is 7.91. The molecule has 2 atom stereocenters. The lowest BCUT2D eigenvalue weighted by Crippen LogP contribution is -2.40. The van der Waals surface area contributed by atoms with E-state index < -0.39 is 11.4 Å². The maximum atomic E-state index is 11.7. The molecule has 1 aliphatic rings. The van der Waals surface area contributed by atoms with Gasteiger partial charge in [-0.05, 0) is 36.8 Å². The van der Waals surface area contributed by atoms with Gasteiger partial charge >= 0.3 is 5.97 Å². The van der Waals surface area contributed by atoms with E-state index in [1.165, 1.54) is 0 Å². The molecule has 1 heterocycles. The molecule has 0 spiro atoms. The van der Waals surface area contributed by atoms with Crippen LogP contribution in [0.4, 0.5) is 0 Å². The van der Waals surface area contributed by atoms with Crippen LogP contribution in [0.2, 0.25) is 0 Å². The Labute approximate surface area is 119 Å². The van der Waals surface area contributed by atoms with Crippen LogP contribution in [-0.4, -0.2) is 24.2 Å². The molecule has 3 N–H and O–H groups in total. The van der Waals surface area contributed by atoms with Crippen molar-refractivity contribution in [2.45, 2.75) is 38.5 Å². The Balaban J connectivity index is 2.26. The Kier molecular flexibility index (Phi) is 4.65. The van der Waals surface area contributed by atoms with Crippen LogP contribution in [0.1, 0.15) is 44.1 Å². The number of hydrogen-bond donors (Lipinski definition) is 2. The summed E-state index contributed by atoms with van der Waals surface area (Å²) in [5.41, 5.74) is 6.12. The second-order valence-corrected chi connectivity index (χ2v) is 5.62. The summed E-state index contributed by atoms with van der Waals surface area (Å²) in [6.07, 6.45) is 2.90. The average Bonchev–Trinajstić information content (AvgIpc) is 2.46. The third kappa shape index (κ3) is 2.80. The molecular weight excluding hydrogens is 254 g/mol. The lowest BCUT2D eigenvalue weighted by molar-refractivity contribution is -0.149. The van der Waals surface area contributed by atoms with Crippen LogP contribution >= 0.6 is 0 Å². The van der Waals surface area contributed by atoms with Crippen molar-refractivity contribution in [1.29, 1.82) is 0 Å². The van der Waals surface area contributed by atoms with Crippen molar-refractivity contribution in [3.63, 3.8) is 0 Å². The average molecular weight is 277 g/mol. The minimum Gasteiger partial charge on any atom is -0.493 e. The largest absolute Gasteiger partial charge is 0.493 e. The molecule has 0 saturated carbocycles. The fourth-order valence-electron chi connectivity index (χ4n) is 3.15. The van der Waals surface area contributed by atoms with Crippen molar-refractivity contribution in [1.82, 2.24) is 0 Å². The third-order valence-corrected chi connectivity index (χ3v) is 4.29. The molecule has 0 amide bonds. The van der Waals surface area contributed by atoms with Crippen molar-refractivity contribution in [2.75, 3.05) is 13.2 Å². The number of carboxylic acids is 1. The molecule has 0 radical (unpaired) electrons. The monoisotopic (exact) mass is 277 g/mol. The Bertz CT molecular complexity index is 475. The molecular formula is C16H23NO3. The molecule has 0 aliphatic carbocycles. The van der Waals surface area contributed by atoms with Gasteiger partial charge in [0.2, 0.25) is 0 Å². The minimum absolute atomic E-state index is 0.190. The molecule has 0 saturated heterocycles. The van der Waals surface area contributed by atoms with Crippen LogP contribution in [0.15, 0.2) is 24.3 Å². The van der Waals surface area contributed by atoms with Crippen LogP contribution < -0.4 is 10.5 Å². The predicted molar refractivity (Wildman–Crippen MR) is 77.9 cm³/mol. The zero-order chi connectivity index (χ0) is 14.6. The second-order valence-electron chi connectivity index (χ2n) is 5.62. The van der Waals surface area contributed by atoms with Gasteiger partial charge in [0.15, 0.2) is 0 Å². The summed E-state index contributed by atoms with van der Waals surface area (Å²) >= 11 is 0. The van der Waals surface area contributed by atoms with Gasteiger partial charge < -0.3 is 15.6 Å². The maximum absolute atomic E-state index is 11.7. The van der Waals surface area contributed by atoms with E-state index in [1.54, 1.807) is 0 Å². The first-order chi connectivity index (χ1) is 9.63. The van der Waals surface area contributed by atoms with E-state index >= 15 is 0 Å². The van der Waals surface area contributed by atoms with Crippen LogP contribution in [0.25, 0.3) is 0 Å². The number of nitrogens with two attached hydrogens (primary N) is 1. The Morgan fingerprint density at radius 2 is 2.25 bits per heavy atom. The first-order valence-corrected chi connectivity index (χ1v) is 7.28. The van der Waals surface area contributed by atoms with E-state index in [-0.39, 0.29) is 12.5 Å². The van der Waals surface area contributed by atoms with E-state index in [0.717, 1.165) is 24.2 Å². The van der Waals surface area contributed by atoms with Crippen LogP contribution in [0, 0.1) is 5.41 Å². The number of carboxylic acid groups (broad SMARTS) is 1. The fraction of sp³-hybridized carbons (Fsp3) is 0.562. The van der Waals surface area contributed by atoms with E-state index in [2.05, 4.69) is 0 Å². The van der Waals surface area contributed by atoms with E-state index in [1.807, 2.05) is 31.2 Å². The van der Waals surface area contributed by atoms with Crippen molar-refractivity contribution in [3.8, 4) is 5.75 Å². The number of aliphatic carboxylic acids is 1. The van der Waals surface area contributed by atoms with Gasteiger partial charge in [-0.15, -0.1) is 0 Å². The molecule has 4 heteroatoms. The standard InChI is InChI=1S/C16H23NO3/c1-2-8-16(11-17,15(18)19)10-12-7-9-20-14-6-4-3-5-13(12)14/h3-6,12H,2,7-11,17H2,1H3,(H,18,19). The summed E-state index contributed by atoms with van der Waals surface area (Å²) in [5.74, 6) is 0.327. The van der Waals surface area contributed by atoms with Crippen molar-refractivity contribution in [2.24, 2.45) is 11.1 Å². The molecule has 1 aromatic rings. The molecule has 2 unspecified atom stereocenters. The first-order valence-electron chi connectivity index (χ1n) is 7.28. The predicted octanol–water partition coefficient (Wildman–Crippen LogP) is 2.77. The highest BCUT2D eigenvalue weighted by Gasteiger charge is 2.40. The maximum Gasteiger partial charge on any atom is 0.310 e. The first kappa shape index (κ1) is 14.9. The zero-order valence-electron chi connectivity index (χ0n) is 12.0. The SMILES string of the molecule is CCCC(CN)(CC1CCOc2ccccc21)C(=O)O. The lowest BCUT2D eigenvalue weighted by atomic mass is 9.72. The second kappa shape index (κ2) is 6.27. The summed E-state index contributed by atoms with van der Waals surface area (Å²) in [6.45, 7) is 2.84. The van der Waals surface area contributed by atoms with Gasteiger partial charge in [-0.3, -0.25) is 4.79 Å². The van der Waals surface area contributed by atoms with Crippen molar-refractivity contribution >= 4 is 5.97 Å². The van der Waals surface area contributed by atoms with Gasteiger partial charge in [-0.25, -0.2) is 0 Å². The van der Waals surface area contributed by atoms with Crippen LogP contribution in [-0.2, 0) is 4.79 Å². The number of hydrogen-bond acceptors (Lipinski definition) is 3. The number of carbonyl (C=O) groups is 1. The normalized spacial score (nSPS) is 20.6. The number of fused-ring (bicyclic) bond motifs is 1. The highest BCUT2D eigenvalue weighted by atomic mass is 16.5. The van der Waals surface area contributed by atoms with Crippen LogP contribution in [0.3, 0.4) is 0 Å². The molecule has 110 valence electrons. The molecule has 20 heavy (non-hydrogen) atoms. The van der Waals surface area contributed by atoms with Gasteiger partial charge in [0.1, 0.15) is 5.75 Å². The van der Waals surface area contributed by atoms with Crippen molar-refractivity contribution < 1.29 is 14.6 Å². The highest BCUT2D eigenvalue weighted by Crippen LogP contribution is 2.42. The third-order valence-electron chi connectivity index (χ3n) is 4.29. The van der Waals surface area contributed by atoms with E-state index in [9.17, 15) is 9.90 Å². The molecule has 1 aliphatic heterocycles. The summed E-state index contributed by atoms with van der Waals surface area (Å²) < 4.78 is 5.64. The molecule has 2 rings (SSSR count).